The molecule has 144 valence electrons. The molecule has 0 amide bonds. The smallest absolute Gasteiger partial charge is 0.337 e. The van der Waals surface area contributed by atoms with Crippen molar-refractivity contribution in [3.8, 4) is 5.75 Å². The fourth-order valence-electron chi connectivity index (χ4n) is 2.52. The highest BCUT2D eigenvalue weighted by atomic mass is 16.6. The number of rotatable bonds is 9. The van der Waals surface area contributed by atoms with Gasteiger partial charge in [-0.05, 0) is 30.5 Å². The zero-order chi connectivity index (χ0) is 20.5. The molecule has 28 heavy (non-hydrogen) atoms. The Hall–Kier alpha value is -3.84. The average molecular weight is 384 g/mol. The first-order chi connectivity index (χ1) is 13.4. The van der Waals surface area contributed by atoms with Gasteiger partial charge in [0.25, 0.3) is 5.69 Å². The summed E-state index contributed by atoms with van der Waals surface area (Å²) in [5.41, 5.74) is 0.573. The molecule has 0 aliphatic rings. The van der Waals surface area contributed by atoms with Gasteiger partial charge in [-0.3, -0.25) is 14.9 Å². The number of carbonyl (C=O) groups excluding carboxylic acids is 2. The summed E-state index contributed by atoms with van der Waals surface area (Å²) in [6.45, 7) is 0. The zero-order valence-corrected chi connectivity index (χ0v) is 14.6. The fourth-order valence-corrected chi connectivity index (χ4v) is 2.52. The number of carboxylic acids is 1. The maximum atomic E-state index is 12.3. The van der Waals surface area contributed by atoms with Crippen LogP contribution in [0.25, 0.3) is 0 Å². The van der Waals surface area contributed by atoms with Crippen LogP contribution in [0.1, 0.15) is 12.0 Å². The number of hydrogen-bond acceptors (Lipinski definition) is 7. The minimum absolute atomic E-state index is 0.0108. The lowest BCUT2D eigenvalue weighted by Crippen LogP contribution is -2.30. The van der Waals surface area contributed by atoms with Crippen molar-refractivity contribution in [2.75, 3.05) is 0 Å². The van der Waals surface area contributed by atoms with Crippen LogP contribution in [0.3, 0.4) is 0 Å². The van der Waals surface area contributed by atoms with Gasteiger partial charge in [0.1, 0.15) is 5.75 Å². The number of nitro benzene ring substituents is 1. The number of isocyanates is 1. The Labute approximate surface area is 159 Å². The van der Waals surface area contributed by atoms with Crippen LogP contribution in [-0.2, 0) is 20.8 Å². The van der Waals surface area contributed by atoms with Crippen molar-refractivity contribution < 1.29 is 29.2 Å². The van der Waals surface area contributed by atoms with E-state index < -0.39 is 28.8 Å². The highest BCUT2D eigenvalue weighted by Crippen LogP contribution is 2.21. The van der Waals surface area contributed by atoms with E-state index in [2.05, 4.69) is 4.99 Å². The minimum atomic E-state index is -1.36. The van der Waals surface area contributed by atoms with Crippen molar-refractivity contribution in [1.82, 2.24) is 0 Å². The van der Waals surface area contributed by atoms with Gasteiger partial charge in [0.2, 0.25) is 6.08 Å². The molecule has 2 aromatic rings. The van der Waals surface area contributed by atoms with E-state index in [1.165, 1.54) is 18.2 Å². The molecule has 0 fully saturated rings. The predicted molar refractivity (Wildman–Crippen MR) is 96.5 cm³/mol. The molecule has 0 aliphatic heterocycles. The molecule has 2 aromatic carbocycles. The predicted octanol–water partition coefficient (Wildman–Crippen LogP) is 2.54. The first kappa shape index (κ1) is 20.5. The van der Waals surface area contributed by atoms with Crippen molar-refractivity contribution in [3.05, 3.63) is 70.3 Å². The van der Waals surface area contributed by atoms with Crippen LogP contribution < -0.4 is 4.74 Å². The van der Waals surface area contributed by atoms with Crippen LogP contribution in [0.2, 0.25) is 0 Å². The van der Waals surface area contributed by atoms with Crippen LogP contribution in [0, 0.1) is 16.0 Å². The van der Waals surface area contributed by atoms with Crippen molar-refractivity contribution >= 4 is 23.7 Å². The fraction of sp³-hybridized carbons (Fsp3) is 0.211. The van der Waals surface area contributed by atoms with Crippen LogP contribution in [0.15, 0.2) is 59.6 Å². The summed E-state index contributed by atoms with van der Waals surface area (Å²) in [5, 5.41) is 20.1. The molecule has 1 N–H and O–H groups in total. The molecule has 2 rings (SSSR count). The first-order valence-electron chi connectivity index (χ1n) is 8.20. The summed E-state index contributed by atoms with van der Waals surface area (Å²) in [4.78, 5) is 48.0. The van der Waals surface area contributed by atoms with Gasteiger partial charge in [-0.1, -0.05) is 30.3 Å². The third-order valence-electron chi connectivity index (χ3n) is 3.93. The number of non-ortho nitro benzene ring substituents is 1. The van der Waals surface area contributed by atoms with Crippen LogP contribution >= 0.6 is 0 Å². The number of aliphatic carboxylic acids is 1. The molecule has 0 radical (unpaired) electrons. The molecule has 2 atom stereocenters. The molecule has 0 saturated carbocycles. The topological polar surface area (TPSA) is 136 Å². The summed E-state index contributed by atoms with van der Waals surface area (Å²) in [6.07, 6.45) is 1.14. The molecule has 9 heteroatoms. The monoisotopic (exact) mass is 384 g/mol. The van der Waals surface area contributed by atoms with Crippen molar-refractivity contribution in [3.63, 3.8) is 0 Å². The second kappa shape index (κ2) is 9.75. The summed E-state index contributed by atoms with van der Waals surface area (Å²) < 4.78 is 5.07. The van der Waals surface area contributed by atoms with E-state index in [1.54, 1.807) is 30.3 Å². The standard InChI is InChI=1S/C19H16N2O7/c22-12-20-17(11-14(18(23)24)10-13-4-2-1-3-5-13)19(25)28-16-8-6-15(7-9-16)21(26)27/h1-9,14,17H,10-11H2,(H,23,24). The summed E-state index contributed by atoms with van der Waals surface area (Å²) >= 11 is 0. The van der Waals surface area contributed by atoms with Crippen molar-refractivity contribution in [2.24, 2.45) is 10.9 Å². The number of carboxylic acid groups (broad SMARTS) is 1. The Morgan fingerprint density at radius 1 is 1.14 bits per heavy atom. The molecule has 0 aromatic heterocycles. The van der Waals surface area contributed by atoms with Gasteiger partial charge >= 0.3 is 11.9 Å². The molecule has 0 bridgehead atoms. The van der Waals surface area contributed by atoms with Gasteiger partial charge < -0.3 is 9.84 Å². The van der Waals surface area contributed by atoms with Gasteiger partial charge in [-0.15, -0.1) is 0 Å². The van der Waals surface area contributed by atoms with Gasteiger partial charge in [-0.2, -0.15) is 4.99 Å². The van der Waals surface area contributed by atoms with Gasteiger partial charge in [-0.25, -0.2) is 9.59 Å². The maximum Gasteiger partial charge on any atom is 0.337 e. The molecule has 0 aliphatic carbocycles. The number of aliphatic imine (C=N–C) groups is 1. The zero-order valence-electron chi connectivity index (χ0n) is 14.6. The second-order valence-corrected chi connectivity index (χ2v) is 5.87. The van der Waals surface area contributed by atoms with Crippen LogP contribution in [0.5, 0.6) is 5.75 Å². The molecule has 0 saturated heterocycles. The van der Waals surface area contributed by atoms with E-state index in [0.717, 1.165) is 17.7 Å². The summed E-state index contributed by atoms with van der Waals surface area (Å²) in [7, 11) is 0. The highest BCUT2D eigenvalue weighted by Gasteiger charge is 2.29. The lowest BCUT2D eigenvalue weighted by Gasteiger charge is -2.16. The third kappa shape index (κ3) is 5.86. The second-order valence-electron chi connectivity index (χ2n) is 5.87. The maximum absolute atomic E-state index is 12.3. The minimum Gasteiger partial charge on any atom is -0.481 e. The lowest BCUT2D eigenvalue weighted by atomic mass is 9.93. The molecule has 9 nitrogen and oxygen atoms in total. The molecule has 2 unspecified atom stereocenters. The summed E-state index contributed by atoms with van der Waals surface area (Å²) in [6, 6.07) is 12.2. The number of carbonyl (C=O) groups is 2. The largest absolute Gasteiger partial charge is 0.481 e. The molecule has 0 heterocycles. The van der Waals surface area contributed by atoms with Crippen LogP contribution in [0.4, 0.5) is 5.69 Å². The van der Waals surface area contributed by atoms with Crippen molar-refractivity contribution in [1.29, 1.82) is 0 Å². The van der Waals surface area contributed by atoms with E-state index in [4.69, 9.17) is 4.74 Å². The Morgan fingerprint density at radius 2 is 1.79 bits per heavy atom. The Bertz CT molecular complexity index is 890. The van der Waals surface area contributed by atoms with E-state index >= 15 is 0 Å². The van der Waals surface area contributed by atoms with E-state index in [1.807, 2.05) is 0 Å². The number of esters is 1. The van der Waals surface area contributed by atoms with Gasteiger partial charge in [0.05, 0.1) is 10.8 Å². The van der Waals surface area contributed by atoms with E-state index in [-0.39, 0.29) is 24.3 Å². The Balaban J connectivity index is 2.11. The Morgan fingerprint density at radius 3 is 2.32 bits per heavy atom. The molecule has 0 spiro atoms. The lowest BCUT2D eigenvalue weighted by molar-refractivity contribution is -0.384. The van der Waals surface area contributed by atoms with E-state index in [0.29, 0.717) is 0 Å². The van der Waals surface area contributed by atoms with Gasteiger partial charge in [0, 0.05) is 12.1 Å². The van der Waals surface area contributed by atoms with Crippen LogP contribution in [-0.4, -0.2) is 34.1 Å². The third-order valence-corrected chi connectivity index (χ3v) is 3.93. The normalized spacial score (nSPS) is 12.3. The number of nitro groups is 1. The Kier molecular flexibility index (Phi) is 7.13. The number of nitrogens with zero attached hydrogens (tertiary/aromatic N) is 2. The van der Waals surface area contributed by atoms with Gasteiger partial charge in [0.15, 0.2) is 6.04 Å². The summed E-state index contributed by atoms with van der Waals surface area (Å²) in [5.74, 6) is -3.06. The van der Waals surface area contributed by atoms with E-state index in [9.17, 15) is 29.6 Å². The average Bonchev–Trinajstić information content (AvgIpc) is 2.68. The first-order valence-corrected chi connectivity index (χ1v) is 8.20. The number of hydrogen-bond donors (Lipinski definition) is 1. The number of benzene rings is 2. The molecular weight excluding hydrogens is 368 g/mol. The quantitative estimate of drug-likeness (QED) is 0.175. The van der Waals surface area contributed by atoms with Crippen molar-refractivity contribution in [2.45, 2.75) is 18.9 Å². The SMILES string of the molecule is O=C=NC(CC(Cc1ccccc1)C(=O)O)C(=O)Oc1ccc([N+](=O)[O-])cc1. The number of ether oxygens (including phenoxy) is 1. The highest BCUT2D eigenvalue weighted by molar-refractivity contribution is 5.80. The molecular formula is C19H16N2O7.